The van der Waals surface area contributed by atoms with Crippen molar-refractivity contribution in [2.75, 3.05) is 4.72 Å². The number of thiazole rings is 1. The number of aromatic nitrogens is 1. The van der Waals surface area contributed by atoms with Gasteiger partial charge in [0.25, 0.3) is 10.0 Å². The number of hydrogen-bond acceptors (Lipinski definition) is 6. The molecule has 0 atom stereocenters. The van der Waals surface area contributed by atoms with Gasteiger partial charge in [-0.1, -0.05) is 22.9 Å². The molecule has 0 saturated carbocycles. The van der Waals surface area contributed by atoms with Gasteiger partial charge in [0.15, 0.2) is 20.2 Å². The molecule has 2 heterocycles. The van der Waals surface area contributed by atoms with E-state index >= 15 is 0 Å². The predicted octanol–water partition coefficient (Wildman–Crippen LogP) is 3.10. The maximum Gasteiger partial charge on any atom is 0.273 e. The number of nitrogens with one attached hydrogen (secondary N) is 1. The first-order valence-corrected chi connectivity index (χ1v) is 8.59. The lowest BCUT2D eigenvalue weighted by molar-refractivity contribution is -0.0431. The smallest absolute Gasteiger partial charge is 0.273 e. The number of rotatable bonds is 3. The standard InChI is InChI=1S/C12H11ClN2O4S2/c1-12(2)18-8-4-3-7(5-9(8)19-12)15-21(16,17)10-6-14-11(13)20-10/h3-6,15H,1-2H3. The summed E-state index contributed by atoms with van der Waals surface area (Å²) >= 11 is 6.54. The zero-order valence-electron chi connectivity index (χ0n) is 11.1. The minimum atomic E-state index is -3.71. The monoisotopic (exact) mass is 346 g/mol. The highest BCUT2D eigenvalue weighted by atomic mass is 35.5. The van der Waals surface area contributed by atoms with Crippen LogP contribution in [0.15, 0.2) is 28.6 Å². The minimum Gasteiger partial charge on any atom is -0.449 e. The van der Waals surface area contributed by atoms with Crippen molar-refractivity contribution in [3.63, 3.8) is 0 Å². The number of sulfonamides is 1. The number of halogens is 1. The highest BCUT2D eigenvalue weighted by Crippen LogP contribution is 2.41. The fourth-order valence-corrected chi connectivity index (χ4v) is 4.20. The van der Waals surface area contributed by atoms with Gasteiger partial charge < -0.3 is 9.47 Å². The number of anilines is 1. The van der Waals surface area contributed by atoms with Crippen molar-refractivity contribution >= 4 is 38.6 Å². The molecule has 2 aromatic rings. The van der Waals surface area contributed by atoms with Crippen LogP contribution in [-0.2, 0) is 10.0 Å². The van der Waals surface area contributed by atoms with E-state index in [2.05, 4.69) is 9.71 Å². The molecule has 9 heteroatoms. The highest BCUT2D eigenvalue weighted by molar-refractivity contribution is 7.94. The zero-order chi connectivity index (χ0) is 15.3. The van der Waals surface area contributed by atoms with E-state index in [1.54, 1.807) is 32.0 Å². The lowest BCUT2D eigenvalue weighted by Gasteiger charge is -2.16. The summed E-state index contributed by atoms with van der Waals surface area (Å²) in [6.45, 7) is 3.55. The molecule has 1 aliphatic heterocycles. The van der Waals surface area contributed by atoms with Gasteiger partial charge in [-0.05, 0) is 12.1 Å². The minimum absolute atomic E-state index is 0.0468. The molecule has 1 aliphatic rings. The maximum absolute atomic E-state index is 12.2. The van der Waals surface area contributed by atoms with Crippen molar-refractivity contribution in [3.05, 3.63) is 28.9 Å². The van der Waals surface area contributed by atoms with E-state index in [0.717, 1.165) is 11.3 Å². The molecule has 21 heavy (non-hydrogen) atoms. The summed E-state index contributed by atoms with van der Waals surface area (Å²) in [7, 11) is -3.71. The van der Waals surface area contributed by atoms with Gasteiger partial charge in [0.2, 0.25) is 5.79 Å². The van der Waals surface area contributed by atoms with Gasteiger partial charge in [0, 0.05) is 19.9 Å². The Morgan fingerprint density at radius 2 is 2.00 bits per heavy atom. The fourth-order valence-electron chi connectivity index (χ4n) is 1.85. The molecule has 0 saturated heterocycles. The third kappa shape index (κ3) is 2.92. The molecule has 0 unspecified atom stereocenters. The molecule has 112 valence electrons. The average molecular weight is 347 g/mol. The normalized spacial score (nSPS) is 16.0. The Balaban J connectivity index is 1.87. The Kier molecular flexibility index (Phi) is 3.27. The second kappa shape index (κ2) is 4.75. The van der Waals surface area contributed by atoms with Crippen LogP contribution in [0.5, 0.6) is 11.5 Å². The summed E-state index contributed by atoms with van der Waals surface area (Å²) < 4.78 is 38.1. The fraction of sp³-hybridized carbons (Fsp3) is 0.250. The van der Waals surface area contributed by atoms with E-state index in [-0.39, 0.29) is 8.68 Å². The Morgan fingerprint density at radius 3 is 2.67 bits per heavy atom. The molecule has 0 radical (unpaired) electrons. The van der Waals surface area contributed by atoms with E-state index in [1.165, 1.54) is 6.20 Å². The summed E-state index contributed by atoms with van der Waals surface area (Å²) in [5, 5.41) is 0. The summed E-state index contributed by atoms with van der Waals surface area (Å²) in [6.07, 6.45) is 1.21. The van der Waals surface area contributed by atoms with Crippen molar-refractivity contribution in [1.29, 1.82) is 0 Å². The second-order valence-corrected chi connectivity index (χ2v) is 8.33. The number of ether oxygens (including phenoxy) is 2. The van der Waals surface area contributed by atoms with Gasteiger partial charge >= 0.3 is 0 Å². The largest absolute Gasteiger partial charge is 0.449 e. The molecule has 1 aromatic heterocycles. The quantitative estimate of drug-likeness (QED) is 0.924. The van der Waals surface area contributed by atoms with E-state index in [4.69, 9.17) is 21.1 Å². The molecular weight excluding hydrogens is 336 g/mol. The van der Waals surface area contributed by atoms with Crippen LogP contribution in [0.1, 0.15) is 13.8 Å². The number of hydrogen-bond donors (Lipinski definition) is 1. The van der Waals surface area contributed by atoms with Crippen LogP contribution in [0.2, 0.25) is 4.47 Å². The van der Waals surface area contributed by atoms with Crippen LogP contribution >= 0.6 is 22.9 Å². The molecule has 1 N–H and O–H groups in total. The summed E-state index contributed by atoms with van der Waals surface area (Å²) in [5.41, 5.74) is 0.375. The van der Waals surface area contributed by atoms with Crippen molar-refractivity contribution in [2.24, 2.45) is 0 Å². The second-order valence-electron chi connectivity index (χ2n) is 4.80. The molecule has 6 nitrogen and oxygen atoms in total. The van der Waals surface area contributed by atoms with Crippen LogP contribution in [0.3, 0.4) is 0 Å². The van der Waals surface area contributed by atoms with Gasteiger partial charge in [-0.2, -0.15) is 0 Å². The van der Waals surface area contributed by atoms with E-state index < -0.39 is 15.8 Å². The number of benzene rings is 1. The van der Waals surface area contributed by atoms with Crippen molar-refractivity contribution in [2.45, 2.75) is 23.8 Å². The van der Waals surface area contributed by atoms with Crippen LogP contribution in [0.4, 0.5) is 5.69 Å². The average Bonchev–Trinajstić information content (AvgIpc) is 2.90. The van der Waals surface area contributed by atoms with Gasteiger partial charge in [0.05, 0.1) is 11.9 Å². The molecule has 3 rings (SSSR count). The first-order chi connectivity index (χ1) is 9.75. The topological polar surface area (TPSA) is 77.5 Å². The summed E-state index contributed by atoms with van der Waals surface area (Å²) in [5.74, 6) is 0.303. The lowest BCUT2D eigenvalue weighted by Crippen LogP contribution is -2.29. The summed E-state index contributed by atoms with van der Waals surface area (Å²) in [6, 6.07) is 4.83. The Hall–Kier alpha value is -1.51. The Morgan fingerprint density at radius 1 is 1.29 bits per heavy atom. The maximum atomic E-state index is 12.2. The molecule has 0 amide bonds. The van der Waals surface area contributed by atoms with Crippen LogP contribution in [0, 0.1) is 0 Å². The van der Waals surface area contributed by atoms with Gasteiger partial charge in [-0.25, -0.2) is 13.4 Å². The lowest BCUT2D eigenvalue weighted by atomic mass is 10.3. The molecule has 1 aromatic carbocycles. The third-order valence-electron chi connectivity index (χ3n) is 2.63. The van der Waals surface area contributed by atoms with E-state index in [9.17, 15) is 8.42 Å². The van der Waals surface area contributed by atoms with Crippen LogP contribution < -0.4 is 14.2 Å². The van der Waals surface area contributed by atoms with Crippen LogP contribution in [-0.4, -0.2) is 19.2 Å². The van der Waals surface area contributed by atoms with Crippen molar-refractivity contribution in [1.82, 2.24) is 4.98 Å². The van der Waals surface area contributed by atoms with Gasteiger partial charge in [-0.3, -0.25) is 4.72 Å². The highest BCUT2D eigenvalue weighted by Gasteiger charge is 2.32. The first kappa shape index (κ1) is 14.4. The summed E-state index contributed by atoms with van der Waals surface area (Å²) in [4.78, 5) is 3.72. The third-order valence-corrected chi connectivity index (χ3v) is 5.59. The van der Waals surface area contributed by atoms with E-state index in [0.29, 0.717) is 17.2 Å². The number of nitrogens with zero attached hydrogens (tertiary/aromatic N) is 1. The van der Waals surface area contributed by atoms with Gasteiger partial charge in [-0.15, -0.1) is 0 Å². The molecule has 0 aliphatic carbocycles. The van der Waals surface area contributed by atoms with Gasteiger partial charge in [0.1, 0.15) is 0 Å². The van der Waals surface area contributed by atoms with Crippen molar-refractivity contribution < 1.29 is 17.9 Å². The molecule has 0 bridgehead atoms. The molecule has 0 spiro atoms. The molecular formula is C12H11ClN2O4S2. The van der Waals surface area contributed by atoms with Crippen LogP contribution in [0.25, 0.3) is 0 Å². The Bertz CT molecular complexity index is 801. The van der Waals surface area contributed by atoms with E-state index in [1.807, 2.05) is 0 Å². The number of fused-ring (bicyclic) bond motifs is 1. The predicted molar refractivity (Wildman–Crippen MR) is 79.7 cm³/mol. The van der Waals surface area contributed by atoms with Crippen molar-refractivity contribution in [3.8, 4) is 11.5 Å². The molecule has 0 fully saturated rings. The first-order valence-electron chi connectivity index (χ1n) is 5.91. The zero-order valence-corrected chi connectivity index (χ0v) is 13.5. The Labute approximate surface area is 130 Å². The SMILES string of the molecule is CC1(C)Oc2ccc(NS(=O)(=O)c3cnc(Cl)s3)cc2O1.